The Morgan fingerprint density at radius 2 is 1.87 bits per heavy atom. The Morgan fingerprint density at radius 3 is 2.50 bits per heavy atom. The van der Waals surface area contributed by atoms with Gasteiger partial charge >= 0.3 is 18.3 Å². The fourth-order valence-electron chi connectivity index (χ4n) is 6.13. The van der Waals surface area contributed by atoms with E-state index in [0.29, 0.717) is 38.2 Å². The number of amides is 2. The average molecular weight is 710 g/mol. The molecule has 2 aliphatic rings. The van der Waals surface area contributed by atoms with Crippen LogP contribution in [0.25, 0.3) is 0 Å². The van der Waals surface area contributed by atoms with Crippen LogP contribution in [0.4, 0.5) is 26.3 Å². The van der Waals surface area contributed by atoms with Gasteiger partial charge in [-0.25, -0.2) is 4.79 Å². The number of likely N-dealkylation sites (tertiary alicyclic amines) is 1. The Hall–Kier alpha value is -3.37. The van der Waals surface area contributed by atoms with Crippen LogP contribution in [0, 0.1) is 0 Å². The summed E-state index contributed by atoms with van der Waals surface area (Å²) in [6.07, 6.45) is -8.32. The maximum absolute atomic E-state index is 14.8. The number of ether oxygens (including phenoxy) is 1. The predicted octanol–water partition coefficient (Wildman–Crippen LogP) is 7.33. The number of thiophene rings is 2. The number of alkyl halides is 6. The van der Waals surface area contributed by atoms with Crippen LogP contribution in [0.2, 0.25) is 4.34 Å². The van der Waals surface area contributed by atoms with Crippen LogP contribution in [0.1, 0.15) is 70.0 Å². The molecule has 0 bridgehead atoms. The minimum absolute atomic E-state index is 0.00377. The highest BCUT2D eigenvalue weighted by Crippen LogP contribution is 2.45. The van der Waals surface area contributed by atoms with E-state index in [4.69, 9.17) is 16.3 Å². The number of aromatic nitrogens is 1. The molecule has 2 aliphatic heterocycles. The Morgan fingerprint density at radius 1 is 1.13 bits per heavy atom. The number of aliphatic carboxylic acids is 1. The summed E-state index contributed by atoms with van der Waals surface area (Å²) in [7, 11) is 0. The summed E-state index contributed by atoms with van der Waals surface area (Å²) in [4.78, 5) is 46.4. The number of hydrogen-bond donors (Lipinski definition) is 1. The fourth-order valence-corrected chi connectivity index (χ4v) is 8.23. The number of fused-ring (bicyclic) bond motifs is 1. The molecular formula is C29H26ClF6N3O5S2. The first-order valence-electron chi connectivity index (χ1n) is 14.1. The van der Waals surface area contributed by atoms with Gasteiger partial charge in [-0.3, -0.25) is 14.6 Å². The fraction of sp³-hybridized carbons (Fsp3) is 0.448. The number of carbonyl (C=O) groups excluding carboxylic acids is 2. The lowest BCUT2D eigenvalue weighted by atomic mass is 9.79. The zero-order valence-electron chi connectivity index (χ0n) is 24.0. The molecule has 1 unspecified atom stereocenters. The third kappa shape index (κ3) is 6.30. The molecule has 1 saturated heterocycles. The number of carbonyl (C=O) groups is 3. The van der Waals surface area contributed by atoms with Gasteiger partial charge in [-0.15, -0.1) is 22.7 Å². The van der Waals surface area contributed by atoms with Crippen molar-refractivity contribution < 1.29 is 50.6 Å². The molecule has 248 valence electrons. The van der Waals surface area contributed by atoms with Gasteiger partial charge in [0.2, 0.25) is 5.60 Å². The van der Waals surface area contributed by atoms with E-state index in [0.717, 1.165) is 38.8 Å². The quantitative estimate of drug-likeness (QED) is 0.258. The molecule has 0 spiro atoms. The molecule has 3 atom stereocenters. The summed E-state index contributed by atoms with van der Waals surface area (Å²) in [5.74, 6) is -3.80. The van der Waals surface area contributed by atoms with Crippen molar-refractivity contribution in [2.45, 2.75) is 69.1 Å². The summed E-state index contributed by atoms with van der Waals surface area (Å²) in [6.45, 7) is 1.46. The monoisotopic (exact) mass is 709 g/mol. The van der Waals surface area contributed by atoms with Crippen LogP contribution >= 0.6 is 34.3 Å². The molecule has 0 saturated carbocycles. The maximum Gasteiger partial charge on any atom is 0.425 e. The largest absolute Gasteiger partial charge is 0.479 e. The van der Waals surface area contributed by atoms with E-state index >= 15 is 0 Å². The molecule has 2 amide bonds. The molecule has 5 heterocycles. The molecule has 0 aromatic carbocycles. The topological polar surface area (TPSA) is 100 Å². The number of piperidine rings is 1. The van der Waals surface area contributed by atoms with Gasteiger partial charge in [-0.1, -0.05) is 24.9 Å². The third-order valence-corrected chi connectivity index (χ3v) is 10.3. The van der Waals surface area contributed by atoms with Crippen molar-refractivity contribution in [2.75, 3.05) is 13.1 Å². The van der Waals surface area contributed by atoms with Crippen LogP contribution in [0.5, 0.6) is 5.75 Å². The van der Waals surface area contributed by atoms with Gasteiger partial charge < -0.3 is 19.6 Å². The minimum Gasteiger partial charge on any atom is -0.479 e. The Bertz CT molecular complexity index is 1640. The Kier molecular flexibility index (Phi) is 9.36. The van der Waals surface area contributed by atoms with Crippen LogP contribution in [0.15, 0.2) is 35.8 Å². The number of hydrogen-bond acceptors (Lipinski definition) is 7. The van der Waals surface area contributed by atoms with Crippen molar-refractivity contribution in [3.05, 3.63) is 66.8 Å². The van der Waals surface area contributed by atoms with Gasteiger partial charge in [-0.05, 0) is 43.0 Å². The summed E-state index contributed by atoms with van der Waals surface area (Å²) in [6, 6.07) is 1.20. The second-order valence-corrected chi connectivity index (χ2v) is 13.5. The lowest BCUT2D eigenvalue weighted by molar-refractivity contribution is -0.168. The molecule has 8 nitrogen and oxygen atoms in total. The summed E-state index contributed by atoms with van der Waals surface area (Å²) in [5.41, 5.74) is -3.74. The Balaban J connectivity index is 1.65. The van der Waals surface area contributed by atoms with E-state index in [1.807, 2.05) is 0 Å². The highest BCUT2D eigenvalue weighted by Gasteiger charge is 2.58. The number of nitrogens with zero attached hydrogens (tertiary/aromatic N) is 3. The van der Waals surface area contributed by atoms with Crippen molar-refractivity contribution in [1.82, 2.24) is 14.8 Å². The molecule has 1 fully saturated rings. The molecule has 1 N–H and O–H groups in total. The van der Waals surface area contributed by atoms with Crippen molar-refractivity contribution in [3.63, 3.8) is 0 Å². The minimum atomic E-state index is -4.94. The smallest absolute Gasteiger partial charge is 0.425 e. The predicted molar refractivity (Wildman–Crippen MR) is 156 cm³/mol. The number of carboxylic acids is 1. The number of carboxylic acid groups (broad SMARTS) is 1. The maximum atomic E-state index is 14.8. The van der Waals surface area contributed by atoms with E-state index in [9.17, 15) is 45.8 Å². The van der Waals surface area contributed by atoms with E-state index in [-0.39, 0.29) is 50.9 Å². The summed E-state index contributed by atoms with van der Waals surface area (Å²) >= 11 is 7.45. The summed E-state index contributed by atoms with van der Waals surface area (Å²) < 4.78 is 88.9. The molecule has 3 aromatic heterocycles. The zero-order valence-corrected chi connectivity index (χ0v) is 26.3. The van der Waals surface area contributed by atoms with Crippen LogP contribution in [-0.2, 0) is 28.4 Å². The Labute approximate surface area is 271 Å². The number of halogens is 7. The van der Waals surface area contributed by atoms with Gasteiger partial charge in [-0.2, -0.15) is 26.3 Å². The molecule has 46 heavy (non-hydrogen) atoms. The molecule has 3 aromatic rings. The van der Waals surface area contributed by atoms with Gasteiger partial charge in [0.05, 0.1) is 15.9 Å². The van der Waals surface area contributed by atoms with E-state index in [2.05, 4.69) is 4.98 Å². The van der Waals surface area contributed by atoms with E-state index in [1.54, 1.807) is 13.0 Å². The number of pyridine rings is 1. The first kappa shape index (κ1) is 34.0. The van der Waals surface area contributed by atoms with Gasteiger partial charge in [0.1, 0.15) is 16.3 Å². The zero-order chi connectivity index (χ0) is 33.6. The van der Waals surface area contributed by atoms with Gasteiger partial charge in [0.25, 0.3) is 11.8 Å². The average Bonchev–Trinajstić information content (AvgIpc) is 3.62. The van der Waals surface area contributed by atoms with Crippen molar-refractivity contribution in [3.8, 4) is 5.75 Å². The second-order valence-electron chi connectivity index (χ2n) is 10.9. The van der Waals surface area contributed by atoms with Gasteiger partial charge in [0.15, 0.2) is 6.04 Å². The van der Waals surface area contributed by atoms with E-state index < -0.39 is 64.0 Å². The molecule has 0 aliphatic carbocycles. The van der Waals surface area contributed by atoms with Crippen molar-refractivity contribution in [1.29, 1.82) is 0 Å². The van der Waals surface area contributed by atoms with Crippen molar-refractivity contribution >= 4 is 52.1 Å². The van der Waals surface area contributed by atoms with Gasteiger partial charge in [0, 0.05) is 42.0 Å². The third-order valence-electron chi connectivity index (χ3n) is 8.01. The standard InChI is InChI=1S/C29H26ClF6N3O5S2/c1-2-5-18-27(44-16-13-19(45-14-16)29(34,35)36,26(43)39-11-7-15-12-20(30)46-23(15)22(39)25(41)42)8-4-10-38(18)24(40)21-17(28(31,32)33)6-3-9-37-21/h3,6,9,12-14,18,22H,2,4-5,7-8,10-11H2,1H3,(H,41,42)/t18-,22?,27-/m1/s1. The molecule has 0 radical (unpaired) electrons. The van der Waals surface area contributed by atoms with Crippen LogP contribution in [-0.4, -0.2) is 62.4 Å². The SMILES string of the molecule is CCC[C@H]1N(C(=O)c2ncccc2C(F)(F)F)CCC[C@]1(Oc1csc(C(F)(F)F)c1)C(=O)N1CCc2cc(Cl)sc2C1C(=O)O. The number of rotatable bonds is 7. The highest BCUT2D eigenvalue weighted by atomic mass is 35.5. The molecular weight excluding hydrogens is 684 g/mol. The van der Waals surface area contributed by atoms with E-state index in [1.165, 1.54) is 0 Å². The first-order chi connectivity index (χ1) is 21.6. The molecule has 5 rings (SSSR count). The molecule has 17 heteroatoms. The lowest BCUT2D eigenvalue weighted by Crippen LogP contribution is -2.69. The second kappa shape index (κ2) is 12.7. The van der Waals surface area contributed by atoms with Crippen LogP contribution < -0.4 is 4.74 Å². The lowest BCUT2D eigenvalue weighted by Gasteiger charge is -2.50. The first-order valence-corrected chi connectivity index (χ1v) is 16.2. The normalized spacial score (nSPS) is 22.0. The summed E-state index contributed by atoms with van der Waals surface area (Å²) in [5, 5.41) is 11.3. The van der Waals surface area contributed by atoms with Crippen LogP contribution in [0.3, 0.4) is 0 Å². The highest BCUT2D eigenvalue weighted by molar-refractivity contribution is 7.16. The van der Waals surface area contributed by atoms with Crippen molar-refractivity contribution in [2.24, 2.45) is 0 Å².